The fraction of sp³-hybridized carbons (Fsp3) is 0.917. The van der Waals surface area contributed by atoms with Crippen molar-refractivity contribution in [3.8, 4) is 0 Å². The van der Waals surface area contributed by atoms with Gasteiger partial charge in [0.25, 0.3) is 0 Å². The third-order valence-electron chi connectivity index (χ3n) is 9.32. The zero-order valence-electron chi connectivity index (χ0n) is 44.8. The van der Waals surface area contributed by atoms with Crippen molar-refractivity contribution in [1.82, 2.24) is 21.3 Å². The van der Waals surface area contributed by atoms with Crippen LogP contribution >= 0.6 is 0 Å². The van der Waals surface area contributed by atoms with Gasteiger partial charge in [-0.3, -0.25) is 19.2 Å². The van der Waals surface area contributed by atoms with Gasteiger partial charge >= 0.3 is 0 Å². The van der Waals surface area contributed by atoms with Gasteiger partial charge in [0.1, 0.15) is 12.1 Å². The minimum absolute atomic E-state index is 0.00233. The van der Waals surface area contributed by atoms with E-state index in [2.05, 4.69) is 21.3 Å². The molecule has 0 aromatic heterocycles. The molecular formula is C48H94N4O22. The summed E-state index contributed by atoms with van der Waals surface area (Å²) in [6.07, 6.45) is 0.909. The summed E-state index contributed by atoms with van der Waals surface area (Å²) in [6, 6.07) is 0. The number of rotatable bonds is 61. The Morgan fingerprint density at radius 2 is 0.622 bits per heavy atom. The minimum atomic E-state index is -1.34. The molecule has 0 saturated carbocycles. The Bertz CT molecular complexity index is 1200. The largest absolute Gasteiger partial charge is 0.394 e. The van der Waals surface area contributed by atoms with E-state index in [1.807, 2.05) is 6.92 Å². The predicted octanol–water partition coefficient (Wildman–Crippen LogP) is -1.70. The molecule has 26 heteroatoms. The smallest absolute Gasteiger partial charge is 0.246 e. The minimum Gasteiger partial charge on any atom is -0.394 e. The number of aliphatic hydroxyl groups is 1. The SMILES string of the molecule is CCCOCCOCCOCC(=O)NC(COCCC(=O)NCCOCCOCCOCCO)(COCCC(=O)NCCOCCOCCOCCOC)COCCC(=O)NCCOCCOCCOCCOC. The molecule has 0 aromatic rings. The van der Waals surface area contributed by atoms with Crippen LogP contribution in [-0.2, 0) is 99.7 Å². The van der Waals surface area contributed by atoms with Gasteiger partial charge in [0, 0.05) is 59.7 Å². The van der Waals surface area contributed by atoms with E-state index in [0.29, 0.717) is 126 Å². The van der Waals surface area contributed by atoms with Crippen molar-refractivity contribution >= 4 is 23.6 Å². The summed E-state index contributed by atoms with van der Waals surface area (Å²) in [7, 11) is 3.22. The van der Waals surface area contributed by atoms with Crippen molar-refractivity contribution in [2.45, 2.75) is 38.1 Å². The molecule has 438 valence electrons. The summed E-state index contributed by atoms with van der Waals surface area (Å²) in [4.78, 5) is 51.4. The first-order valence-electron chi connectivity index (χ1n) is 25.7. The van der Waals surface area contributed by atoms with E-state index in [-0.39, 0.29) is 149 Å². The maximum absolute atomic E-state index is 13.4. The molecule has 0 saturated heterocycles. The first kappa shape index (κ1) is 71.2. The van der Waals surface area contributed by atoms with E-state index in [1.54, 1.807) is 14.2 Å². The lowest BCUT2D eigenvalue weighted by molar-refractivity contribution is -0.134. The quantitative estimate of drug-likeness (QED) is 0.0425. The topological polar surface area (TPSA) is 294 Å². The maximum Gasteiger partial charge on any atom is 0.246 e. The molecule has 74 heavy (non-hydrogen) atoms. The van der Waals surface area contributed by atoms with Crippen LogP contribution in [0.25, 0.3) is 0 Å². The van der Waals surface area contributed by atoms with Crippen LogP contribution in [0.1, 0.15) is 32.6 Å². The number of methoxy groups -OCH3 is 2. The summed E-state index contributed by atoms with van der Waals surface area (Å²) in [5.74, 6) is -1.35. The van der Waals surface area contributed by atoms with Crippen LogP contribution in [-0.4, -0.2) is 286 Å². The predicted molar refractivity (Wildman–Crippen MR) is 267 cm³/mol. The Labute approximate surface area is 438 Å². The van der Waals surface area contributed by atoms with Crippen molar-refractivity contribution < 1.29 is 105 Å². The first-order valence-corrected chi connectivity index (χ1v) is 25.7. The number of aliphatic hydroxyl groups excluding tert-OH is 1. The number of nitrogens with one attached hydrogen (secondary N) is 4. The average Bonchev–Trinajstić information content (AvgIpc) is 3.39. The molecule has 0 rings (SSSR count). The molecule has 0 unspecified atom stereocenters. The monoisotopic (exact) mass is 1080 g/mol. The average molecular weight is 1080 g/mol. The van der Waals surface area contributed by atoms with Gasteiger partial charge in [0.05, 0.1) is 205 Å². The highest BCUT2D eigenvalue weighted by Gasteiger charge is 2.34. The molecule has 0 aliphatic carbocycles. The van der Waals surface area contributed by atoms with Crippen LogP contribution in [0.4, 0.5) is 0 Å². The molecule has 4 amide bonds. The van der Waals surface area contributed by atoms with E-state index < -0.39 is 11.4 Å². The normalized spacial score (nSPS) is 11.6. The first-order chi connectivity index (χ1) is 36.3. The van der Waals surface area contributed by atoms with E-state index in [0.717, 1.165) is 6.42 Å². The Kier molecular flexibility index (Phi) is 55.6. The van der Waals surface area contributed by atoms with Gasteiger partial charge in [-0.2, -0.15) is 0 Å². The number of amides is 4. The summed E-state index contributed by atoms with van der Waals surface area (Å²) in [5.41, 5.74) is -1.34. The van der Waals surface area contributed by atoms with Crippen LogP contribution < -0.4 is 21.3 Å². The van der Waals surface area contributed by atoms with E-state index in [9.17, 15) is 19.2 Å². The van der Waals surface area contributed by atoms with Gasteiger partial charge in [0.2, 0.25) is 23.6 Å². The lowest BCUT2D eigenvalue weighted by Gasteiger charge is -2.34. The number of hydrogen-bond acceptors (Lipinski definition) is 22. The Hall–Kier alpha value is -2.84. The van der Waals surface area contributed by atoms with Crippen molar-refractivity contribution in [2.24, 2.45) is 0 Å². The lowest BCUT2D eigenvalue weighted by atomic mass is 10.0. The van der Waals surface area contributed by atoms with Crippen LogP contribution in [0.15, 0.2) is 0 Å². The zero-order chi connectivity index (χ0) is 53.9. The van der Waals surface area contributed by atoms with Crippen LogP contribution in [0.5, 0.6) is 0 Å². The second kappa shape index (κ2) is 57.9. The Morgan fingerprint density at radius 1 is 0.338 bits per heavy atom. The lowest BCUT2D eigenvalue weighted by Crippen LogP contribution is -2.59. The number of carbonyl (C=O) groups excluding carboxylic acids is 4. The van der Waals surface area contributed by atoms with Gasteiger partial charge in [-0.1, -0.05) is 6.92 Å². The number of hydrogen-bond donors (Lipinski definition) is 5. The van der Waals surface area contributed by atoms with Gasteiger partial charge in [0.15, 0.2) is 0 Å². The fourth-order valence-corrected chi connectivity index (χ4v) is 5.64. The summed E-state index contributed by atoms with van der Waals surface area (Å²) in [6.45, 7) is 11.6. The number of carbonyl (C=O) groups is 4. The van der Waals surface area contributed by atoms with Crippen LogP contribution in [0, 0.1) is 0 Å². The fourth-order valence-electron chi connectivity index (χ4n) is 5.64. The van der Waals surface area contributed by atoms with Gasteiger partial charge in [-0.15, -0.1) is 0 Å². The molecule has 0 aliphatic heterocycles. The third-order valence-corrected chi connectivity index (χ3v) is 9.32. The molecule has 5 N–H and O–H groups in total. The van der Waals surface area contributed by atoms with Crippen LogP contribution in [0.2, 0.25) is 0 Å². The molecule has 0 aromatic carbocycles. The molecule has 0 aliphatic rings. The molecule has 0 atom stereocenters. The molecule has 26 nitrogen and oxygen atoms in total. The van der Waals surface area contributed by atoms with Gasteiger partial charge in [-0.25, -0.2) is 0 Å². The molecule has 0 spiro atoms. The molecule has 0 fully saturated rings. The van der Waals surface area contributed by atoms with E-state index in [4.69, 9.17) is 85.6 Å². The molecule has 0 bridgehead atoms. The summed E-state index contributed by atoms with van der Waals surface area (Å²) in [5, 5.41) is 20.0. The summed E-state index contributed by atoms with van der Waals surface area (Å²) < 4.78 is 93.0. The van der Waals surface area contributed by atoms with E-state index in [1.165, 1.54) is 0 Å². The van der Waals surface area contributed by atoms with Crippen molar-refractivity contribution in [3.63, 3.8) is 0 Å². The second-order valence-corrected chi connectivity index (χ2v) is 15.8. The molecular weight excluding hydrogens is 985 g/mol. The third kappa shape index (κ3) is 52.6. The maximum atomic E-state index is 13.4. The van der Waals surface area contributed by atoms with Crippen molar-refractivity contribution in [1.29, 1.82) is 0 Å². The van der Waals surface area contributed by atoms with Gasteiger partial charge in [-0.05, 0) is 6.42 Å². The van der Waals surface area contributed by atoms with Crippen molar-refractivity contribution in [3.05, 3.63) is 0 Å². The highest BCUT2D eigenvalue weighted by molar-refractivity contribution is 5.78. The standard InChI is InChI=1S/C48H94N4O22/c1-4-12-60-24-29-70-38-39-71-40-47(57)52-48(41-72-13-5-44(54)49-8-16-61-25-30-67-33-28-64-19-11-53,42-73-14-6-45(55)50-9-17-62-26-31-68-36-34-65-22-20-58-2)43-74-15-7-46(56)51-10-18-63-27-32-69-37-35-66-23-21-59-3/h53H,4-43H2,1-3H3,(H,49,54)(H,50,55)(H,51,56)(H,52,57). The Balaban J connectivity index is 5.31. The number of ether oxygens (including phenoxy) is 17. The van der Waals surface area contributed by atoms with Crippen LogP contribution in [0.3, 0.4) is 0 Å². The highest BCUT2D eigenvalue weighted by Crippen LogP contribution is 2.11. The van der Waals surface area contributed by atoms with E-state index >= 15 is 0 Å². The molecule has 0 radical (unpaired) electrons. The second-order valence-electron chi connectivity index (χ2n) is 15.8. The summed E-state index contributed by atoms with van der Waals surface area (Å²) >= 11 is 0. The highest BCUT2D eigenvalue weighted by atomic mass is 16.6. The zero-order valence-corrected chi connectivity index (χ0v) is 44.8. The van der Waals surface area contributed by atoms with Crippen molar-refractivity contribution in [2.75, 3.05) is 252 Å². The molecule has 0 heterocycles. The van der Waals surface area contributed by atoms with Gasteiger partial charge < -0.3 is 107 Å². The Morgan fingerprint density at radius 3 is 0.932 bits per heavy atom.